The smallest absolute Gasteiger partial charge is 0.256 e. The number of carbonyl (C=O) groups excluding carboxylic acids is 2. The molecule has 0 unspecified atom stereocenters. The highest BCUT2D eigenvalue weighted by molar-refractivity contribution is 6.53. The van der Waals surface area contributed by atoms with Gasteiger partial charge < -0.3 is 18.8 Å². The van der Waals surface area contributed by atoms with Crippen molar-refractivity contribution in [2.45, 2.75) is 37.7 Å². The van der Waals surface area contributed by atoms with Crippen LogP contribution in [0.4, 0.5) is 0 Å². The van der Waals surface area contributed by atoms with Crippen molar-refractivity contribution in [2.24, 2.45) is 7.05 Å². The van der Waals surface area contributed by atoms with Gasteiger partial charge in [-0.15, -0.1) is 0 Å². The topological polar surface area (TPSA) is 58.7 Å². The van der Waals surface area contributed by atoms with Crippen LogP contribution in [-0.4, -0.2) is 44.1 Å². The number of amides is 2. The van der Waals surface area contributed by atoms with Crippen LogP contribution in [0.1, 0.15) is 31.2 Å². The lowest BCUT2D eigenvalue weighted by atomic mass is 10.3. The van der Waals surface area contributed by atoms with E-state index in [0.29, 0.717) is 25.4 Å². The summed E-state index contributed by atoms with van der Waals surface area (Å²) >= 11 is 11.5. The molecule has 0 fully saturated rings. The van der Waals surface area contributed by atoms with E-state index in [0.717, 1.165) is 18.5 Å². The number of hydrogen-bond donors (Lipinski definition) is 0. The minimum absolute atomic E-state index is 0.0695. The number of furan rings is 1. The Kier molecular flexibility index (Phi) is 8.25. The van der Waals surface area contributed by atoms with E-state index in [-0.39, 0.29) is 12.5 Å². The number of nitrogens with zero attached hydrogens (tertiary/aromatic N) is 3. The summed E-state index contributed by atoms with van der Waals surface area (Å²) in [5.41, 5.74) is 0.980. The maximum absolute atomic E-state index is 13.0. The van der Waals surface area contributed by atoms with Gasteiger partial charge in [-0.05, 0) is 30.7 Å². The predicted octanol–water partition coefficient (Wildman–Crippen LogP) is 3.58. The van der Waals surface area contributed by atoms with Gasteiger partial charge in [-0.1, -0.05) is 36.5 Å². The highest BCUT2D eigenvalue weighted by atomic mass is 35.5. The monoisotopic (exact) mass is 413 g/mol. The van der Waals surface area contributed by atoms with E-state index in [1.807, 2.05) is 42.9 Å². The van der Waals surface area contributed by atoms with Crippen LogP contribution in [0.2, 0.25) is 0 Å². The molecule has 148 valence electrons. The number of rotatable bonds is 10. The van der Waals surface area contributed by atoms with E-state index in [1.165, 1.54) is 4.90 Å². The zero-order valence-corrected chi connectivity index (χ0v) is 17.1. The Balaban J connectivity index is 2.14. The molecule has 2 rings (SSSR count). The Morgan fingerprint density at radius 2 is 1.96 bits per heavy atom. The zero-order valence-electron chi connectivity index (χ0n) is 15.6. The van der Waals surface area contributed by atoms with Crippen molar-refractivity contribution >= 4 is 35.0 Å². The van der Waals surface area contributed by atoms with Crippen LogP contribution in [0.5, 0.6) is 0 Å². The van der Waals surface area contributed by atoms with Crippen LogP contribution < -0.4 is 0 Å². The van der Waals surface area contributed by atoms with Gasteiger partial charge in [0.1, 0.15) is 5.76 Å². The largest absolute Gasteiger partial charge is 0.467 e. The lowest BCUT2D eigenvalue weighted by molar-refractivity contribution is -0.140. The van der Waals surface area contributed by atoms with Gasteiger partial charge in [0, 0.05) is 25.5 Å². The summed E-state index contributed by atoms with van der Waals surface area (Å²) < 4.78 is 7.35. The Bertz CT molecular complexity index is 728. The maximum atomic E-state index is 13.0. The summed E-state index contributed by atoms with van der Waals surface area (Å²) in [7, 11) is 1.92. The Labute approximate surface area is 169 Å². The van der Waals surface area contributed by atoms with Crippen molar-refractivity contribution in [3.8, 4) is 0 Å². The second-order valence-corrected chi connectivity index (χ2v) is 7.45. The van der Waals surface area contributed by atoms with Crippen LogP contribution in [0.25, 0.3) is 0 Å². The number of aryl methyl sites for hydroxylation is 1. The fourth-order valence-corrected chi connectivity index (χ4v) is 2.97. The van der Waals surface area contributed by atoms with Crippen LogP contribution in [0, 0.1) is 0 Å². The molecule has 2 heterocycles. The first-order valence-electron chi connectivity index (χ1n) is 8.89. The van der Waals surface area contributed by atoms with Gasteiger partial charge in [-0.3, -0.25) is 9.59 Å². The quantitative estimate of drug-likeness (QED) is 0.559. The molecule has 0 saturated heterocycles. The maximum Gasteiger partial charge on any atom is 0.256 e. The molecular weight excluding hydrogens is 389 g/mol. The average Bonchev–Trinajstić information content (AvgIpc) is 3.29. The van der Waals surface area contributed by atoms with Gasteiger partial charge in [-0.25, -0.2) is 0 Å². The van der Waals surface area contributed by atoms with Gasteiger partial charge in [0.15, 0.2) is 4.84 Å². The standard InChI is InChI=1S/C19H25Cl2N3O3/c1-3-4-10-23(19(26)18(20)21)14-17(25)24(13-16-8-6-11-27-16)12-15-7-5-9-22(15)2/h5-9,11,18H,3-4,10,12-14H2,1-2H3. The number of carbonyl (C=O) groups is 2. The first-order chi connectivity index (χ1) is 12.9. The summed E-state index contributed by atoms with van der Waals surface area (Å²) in [6, 6.07) is 7.48. The highest BCUT2D eigenvalue weighted by Crippen LogP contribution is 2.14. The molecule has 0 N–H and O–H groups in total. The molecule has 2 aromatic heterocycles. The molecular formula is C19H25Cl2N3O3. The summed E-state index contributed by atoms with van der Waals surface area (Å²) in [5, 5.41) is 0. The van der Waals surface area contributed by atoms with E-state index >= 15 is 0 Å². The molecule has 6 nitrogen and oxygen atoms in total. The summed E-state index contributed by atoms with van der Waals surface area (Å²) in [4.78, 5) is 27.2. The molecule has 0 aromatic carbocycles. The average molecular weight is 414 g/mol. The molecule has 0 aliphatic rings. The fraction of sp³-hybridized carbons (Fsp3) is 0.474. The van der Waals surface area contributed by atoms with Gasteiger partial charge in [-0.2, -0.15) is 0 Å². The summed E-state index contributed by atoms with van der Waals surface area (Å²) in [6.45, 7) is 3.11. The predicted molar refractivity (Wildman–Crippen MR) is 105 cm³/mol. The second kappa shape index (κ2) is 10.4. The van der Waals surface area contributed by atoms with Crippen molar-refractivity contribution in [2.75, 3.05) is 13.1 Å². The molecule has 27 heavy (non-hydrogen) atoms. The van der Waals surface area contributed by atoms with Gasteiger partial charge in [0.2, 0.25) is 5.91 Å². The Morgan fingerprint density at radius 3 is 2.52 bits per heavy atom. The zero-order chi connectivity index (χ0) is 19.8. The van der Waals surface area contributed by atoms with E-state index < -0.39 is 10.7 Å². The van der Waals surface area contributed by atoms with Crippen molar-refractivity contribution < 1.29 is 14.0 Å². The Morgan fingerprint density at radius 1 is 1.19 bits per heavy atom. The van der Waals surface area contributed by atoms with Gasteiger partial charge >= 0.3 is 0 Å². The Hall–Kier alpha value is -1.92. The number of alkyl halides is 2. The van der Waals surface area contributed by atoms with Crippen molar-refractivity contribution in [1.29, 1.82) is 0 Å². The fourth-order valence-electron chi connectivity index (χ4n) is 2.70. The number of aromatic nitrogens is 1. The third-order valence-electron chi connectivity index (χ3n) is 4.29. The molecule has 0 atom stereocenters. The van der Waals surface area contributed by atoms with E-state index in [2.05, 4.69) is 0 Å². The number of halogens is 2. The lowest BCUT2D eigenvalue weighted by Gasteiger charge is -2.27. The van der Waals surface area contributed by atoms with E-state index in [4.69, 9.17) is 27.6 Å². The molecule has 2 amide bonds. The van der Waals surface area contributed by atoms with Gasteiger partial charge in [0.25, 0.3) is 5.91 Å². The molecule has 0 saturated carbocycles. The third-order valence-corrected chi connectivity index (χ3v) is 4.66. The van der Waals surface area contributed by atoms with E-state index in [1.54, 1.807) is 17.2 Å². The third kappa shape index (κ3) is 6.33. The first kappa shape index (κ1) is 21.4. The van der Waals surface area contributed by atoms with Gasteiger partial charge in [0.05, 0.1) is 25.9 Å². The minimum atomic E-state index is -1.18. The van der Waals surface area contributed by atoms with Crippen LogP contribution in [0.15, 0.2) is 41.1 Å². The number of unbranched alkanes of at least 4 members (excludes halogenated alkanes) is 1. The minimum Gasteiger partial charge on any atom is -0.467 e. The molecule has 0 spiro atoms. The molecule has 2 aromatic rings. The van der Waals surface area contributed by atoms with Crippen molar-refractivity contribution in [3.05, 3.63) is 48.2 Å². The SMILES string of the molecule is CCCCN(CC(=O)N(Cc1ccco1)Cc1cccn1C)C(=O)C(Cl)Cl. The molecule has 0 aliphatic heterocycles. The second-order valence-electron chi connectivity index (χ2n) is 6.35. The lowest BCUT2D eigenvalue weighted by Crippen LogP contribution is -2.44. The highest BCUT2D eigenvalue weighted by Gasteiger charge is 2.25. The number of hydrogen-bond acceptors (Lipinski definition) is 3. The first-order valence-corrected chi connectivity index (χ1v) is 9.77. The summed E-state index contributed by atoms with van der Waals surface area (Å²) in [6.07, 6.45) is 5.17. The van der Waals surface area contributed by atoms with Crippen molar-refractivity contribution in [3.63, 3.8) is 0 Å². The summed E-state index contributed by atoms with van der Waals surface area (Å²) in [5.74, 6) is 0.0412. The van der Waals surface area contributed by atoms with Crippen LogP contribution in [-0.2, 0) is 29.7 Å². The van der Waals surface area contributed by atoms with Crippen molar-refractivity contribution in [1.82, 2.24) is 14.4 Å². The molecule has 0 bridgehead atoms. The molecule has 0 aliphatic carbocycles. The molecule has 8 heteroatoms. The van der Waals surface area contributed by atoms with Crippen LogP contribution >= 0.6 is 23.2 Å². The molecule has 0 radical (unpaired) electrons. The van der Waals surface area contributed by atoms with E-state index in [9.17, 15) is 9.59 Å². The van der Waals surface area contributed by atoms with Crippen LogP contribution in [0.3, 0.4) is 0 Å². The normalized spacial score (nSPS) is 11.0.